The van der Waals surface area contributed by atoms with Crippen molar-refractivity contribution >= 4 is 38.6 Å². The molecule has 0 aliphatic rings. The molecule has 1 N–H and O–H groups in total. The number of carbonyl (C=O) groups excluding carboxylic acids is 1. The number of nitrogens with one attached hydrogen (secondary N) is 1. The highest BCUT2D eigenvalue weighted by Gasteiger charge is 2.27. The molecule has 0 amide bonds. The zero-order chi connectivity index (χ0) is 15.5. The van der Waals surface area contributed by atoms with Crippen molar-refractivity contribution in [2.45, 2.75) is 8.82 Å². The lowest BCUT2D eigenvalue weighted by Crippen LogP contribution is -2.34. The van der Waals surface area contributed by atoms with E-state index in [0.29, 0.717) is 0 Å². The Morgan fingerprint density at radius 1 is 1.35 bits per heavy atom. The van der Waals surface area contributed by atoms with Crippen molar-refractivity contribution in [3.05, 3.63) is 29.6 Å². The lowest BCUT2D eigenvalue weighted by atomic mass is 10.3. The minimum Gasteiger partial charge on any atom is -0.468 e. The summed E-state index contributed by atoms with van der Waals surface area (Å²) >= 11 is 1.60. The maximum Gasteiger partial charge on any atom is 0.319 e. The van der Waals surface area contributed by atoms with Crippen LogP contribution in [-0.2, 0) is 19.6 Å². The average molecular weight is 423 g/mol. The molecular formula is C10H9F3INO4S. The average Bonchev–Trinajstić information content (AvgIpc) is 2.33. The first-order valence-electron chi connectivity index (χ1n) is 5.05. The Labute approximate surface area is 126 Å². The molecule has 0 aliphatic heterocycles. The smallest absolute Gasteiger partial charge is 0.319 e. The predicted molar refractivity (Wildman–Crippen MR) is 71.3 cm³/mol. The number of hydrogen-bond acceptors (Lipinski definition) is 4. The zero-order valence-corrected chi connectivity index (χ0v) is 13.0. The van der Waals surface area contributed by atoms with Crippen LogP contribution in [0, 0.1) is 17.5 Å². The summed E-state index contributed by atoms with van der Waals surface area (Å²) in [5.74, 6) is -5.05. The molecular weight excluding hydrogens is 414 g/mol. The number of carbonyl (C=O) groups is 1. The molecule has 0 saturated heterocycles. The highest BCUT2D eigenvalue weighted by molar-refractivity contribution is 14.1. The second-order valence-corrected chi connectivity index (χ2v) is 6.75. The van der Waals surface area contributed by atoms with Crippen molar-refractivity contribution in [2.24, 2.45) is 0 Å². The lowest BCUT2D eigenvalue weighted by Gasteiger charge is -2.11. The standard InChI is InChI=1S/C10H9F3INO4S/c1-19-10(16)8(14)4-15-20(17,18)9-6(12)2-5(11)3-7(9)13/h2-3,8,15H,4H2,1H3. The second kappa shape index (κ2) is 6.72. The van der Waals surface area contributed by atoms with Crippen molar-refractivity contribution in [1.29, 1.82) is 0 Å². The third-order valence-corrected chi connectivity index (χ3v) is 4.56. The molecule has 0 heterocycles. The first-order valence-corrected chi connectivity index (χ1v) is 7.78. The van der Waals surface area contributed by atoms with Gasteiger partial charge in [0.25, 0.3) is 0 Å². The van der Waals surface area contributed by atoms with Crippen molar-refractivity contribution in [2.75, 3.05) is 13.7 Å². The first kappa shape index (κ1) is 17.2. The summed E-state index contributed by atoms with van der Waals surface area (Å²) in [4.78, 5) is 9.78. The van der Waals surface area contributed by atoms with E-state index in [1.807, 2.05) is 4.72 Å². The van der Waals surface area contributed by atoms with Crippen LogP contribution >= 0.6 is 22.6 Å². The highest BCUT2D eigenvalue weighted by Crippen LogP contribution is 2.20. The molecule has 1 atom stereocenters. The Balaban J connectivity index is 2.98. The van der Waals surface area contributed by atoms with E-state index in [0.717, 1.165) is 7.11 Å². The number of hydrogen-bond donors (Lipinski definition) is 1. The molecule has 0 bridgehead atoms. The summed E-state index contributed by atoms with van der Waals surface area (Å²) in [6.45, 7) is -0.425. The fourth-order valence-electron chi connectivity index (χ4n) is 1.25. The van der Waals surface area contributed by atoms with Gasteiger partial charge in [0.1, 0.15) is 21.4 Å². The summed E-state index contributed by atoms with van der Waals surface area (Å²) < 4.78 is 68.2. The Bertz CT molecular complexity index is 600. The molecule has 20 heavy (non-hydrogen) atoms. The van der Waals surface area contributed by atoms with Gasteiger partial charge in [-0.15, -0.1) is 0 Å². The van der Waals surface area contributed by atoms with Crippen LogP contribution in [0.4, 0.5) is 13.2 Å². The van der Waals surface area contributed by atoms with Crippen LogP contribution < -0.4 is 4.72 Å². The lowest BCUT2D eigenvalue weighted by molar-refractivity contribution is -0.139. The zero-order valence-electron chi connectivity index (χ0n) is 9.99. The molecule has 1 unspecified atom stereocenters. The van der Waals surface area contributed by atoms with E-state index in [2.05, 4.69) is 4.74 Å². The third-order valence-electron chi connectivity index (χ3n) is 2.14. The van der Waals surface area contributed by atoms with Gasteiger partial charge < -0.3 is 4.74 Å². The molecule has 0 aromatic heterocycles. The van der Waals surface area contributed by atoms with Crippen LogP contribution in [0.15, 0.2) is 17.0 Å². The number of halogens is 4. The molecule has 0 aliphatic carbocycles. The van der Waals surface area contributed by atoms with Gasteiger partial charge in [-0.3, -0.25) is 4.79 Å². The molecule has 10 heteroatoms. The molecule has 0 saturated carbocycles. The minimum absolute atomic E-state index is 0.249. The number of methoxy groups -OCH3 is 1. The Morgan fingerprint density at radius 3 is 2.30 bits per heavy atom. The van der Waals surface area contributed by atoms with Gasteiger partial charge in [0.05, 0.1) is 7.11 Å². The first-order chi connectivity index (χ1) is 9.19. The van der Waals surface area contributed by atoms with Crippen LogP contribution in [-0.4, -0.2) is 32.0 Å². The monoisotopic (exact) mass is 423 g/mol. The van der Waals surface area contributed by atoms with Crippen LogP contribution in [0.5, 0.6) is 0 Å². The molecule has 0 radical (unpaired) electrons. The van der Waals surface area contributed by atoms with Crippen molar-refractivity contribution in [1.82, 2.24) is 4.72 Å². The fourth-order valence-corrected chi connectivity index (χ4v) is 3.19. The number of rotatable bonds is 5. The van der Waals surface area contributed by atoms with Crippen LogP contribution in [0.3, 0.4) is 0 Å². The van der Waals surface area contributed by atoms with Gasteiger partial charge in [0.2, 0.25) is 10.0 Å². The fraction of sp³-hybridized carbons (Fsp3) is 0.300. The maximum absolute atomic E-state index is 13.4. The third kappa shape index (κ3) is 4.06. The Kier molecular flexibility index (Phi) is 5.77. The van der Waals surface area contributed by atoms with E-state index < -0.39 is 48.8 Å². The largest absolute Gasteiger partial charge is 0.468 e. The van der Waals surface area contributed by atoms with Crippen LogP contribution in [0.2, 0.25) is 0 Å². The van der Waals surface area contributed by atoms with Crippen LogP contribution in [0.1, 0.15) is 0 Å². The van der Waals surface area contributed by atoms with Gasteiger partial charge in [-0.1, -0.05) is 22.6 Å². The van der Waals surface area contributed by atoms with Gasteiger partial charge in [0, 0.05) is 18.7 Å². The Hall–Kier alpha value is -0.880. The normalized spacial score (nSPS) is 13.1. The molecule has 1 aromatic rings. The number of benzene rings is 1. The molecule has 0 fully saturated rings. The summed E-state index contributed by atoms with van der Waals surface area (Å²) in [6.07, 6.45) is 0. The molecule has 112 valence electrons. The molecule has 5 nitrogen and oxygen atoms in total. The number of ether oxygens (including phenoxy) is 1. The summed E-state index contributed by atoms with van der Waals surface area (Å²) in [5, 5.41) is 0. The maximum atomic E-state index is 13.4. The quantitative estimate of drug-likeness (QED) is 0.441. The number of sulfonamides is 1. The second-order valence-electron chi connectivity index (χ2n) is 3.54. The van der Waals surface area contributed by atoms with Gasteiger partial charge >= 0.3 is 5.97 Å². The molecule has 1 rings (SSSR count). The number of alkyl halides is 1. The van der Waals surface area contributed by atoms with Gasteiger partial charge in [0.15, 0.2) is 4.90 Å². The van der Waals surface area contributed by atoms with E-state index in [9.17, 15) is 26.4 Å². The summed E-state index contributed by atoms with van der Waals surface area (Å²) in [7, 11) is -3.44. The van der Waals surface area contributed by atoms with E-state index in [-0.39, 0.29) is 12.1 Å². The van der Waals surface area contributed by atoms with E-state index >= 15 is 0 Å². The van der Waals surface area contributed by atoms with Crippen molar-refractivity contribution < 1.29 is 31.1 Å². The van der Waals surface area contributed by atoms with Crippen LogP contribution in [0.25, 0.3) is 0 Å². The topological polar surface area (TPSA) is 72.5 Å². The predicted octanol–water partition coefficient (Wildman–Crippen LogP) is 1.36. The van der Waals surface area contributed by atoms with Gasteiger partial charge in [-0.2, -0.15) is 0 Å². The molecule has 1 aromatic carbocycles. The molecule has 0 spiro atoms. The van der Waals surface area contributed by atoms with E-state index in [1.165, 1.54) is 0 Å². The van der Waals surface area contributed by atoms with E-state index in [4.69, 9.17) is 0 Å². The SMILES string of the molecule is COC(=O)C(I)CNS(=O)(=O)c1c(F)cc(F)cc1F. The highest BCUT2D eigenvalue weighted by atomic mass is 127. The summed E-state index contributed by atoms with van der Waals surface area (Å²) in [6, 6.07) is 0.499. The van der Waals surface area contributed by atoms with Gasteiger partial charge in [-0.25, -0.2) is 26.3 Å². The van der Waals surface area contributed by atoms with Gasteiger partial charge in [-0.05, 0) is 0 Å². The van der Waals surface area contributed by atoms with E-state index in [1.54, 1.807) is 22.6 Å². The minimum atomic E-state index is -4.55. The summed E-state index contributed by atoms with van der Waals surface area (Å²) in [5.41, 5.74) is 0. The van der Waals surface area contributed by atoms with Crippen molar-refractivity contribution in [3.8, 4) is 0 Å². The number of esters is 1. The van der Waals surface area contributed by atoms with Crippen molar-refractivity contribution in [3.63, 3.8) is 0 Å². The Morgan fingerprint density at radius 2 is 1.85 bits per heavy atom.